The van der Waals surface area contributed by atoms with E-state index in [1.807, 2.05) is 12.1 Å². The minimum atomic E-state index is -2.88. The van der Waals surface area contributed by atoms with Gasteiger partial charge in [0.05, 0.1) is 11.5 Å². The molecular weight excluding hydrogens is 246 g/mol. The van der Waals surface area contributed by atoms with Crippen LogP contribution in [-0.2, 0) is 15.4 Å². The summed E-state index contributed by atoms with van der Waals surface area (Å²) in [5, 5.41) is 0.663. The molecule has 1 aromatic rings. The average Bonchev–Trinajstić information content (AvgIpc) is 2.24. The van der Waals surface area contributed by atoms with Crippen LogP contribution < -0.4 is 5.73 Å². The quantitative estimate of drug-likeness (QED) is 0.835. The van der Waals surface area contributed by atoms with Crippen molar-refractivity contribution in [2.24, 2.45) is 5.73 Å². The van der Waals surface area contributed by atoms with Crippen LogP contribution in [0, 0.1) is 0 Å². The number of hydrogen-bond acceptors (Lipinski definition) is 3. The van der Waals surface area contributed by atoms with E-state index in [0.29, 0.717) is 17.9 Å². The lowest BCUT2D eigenvalue weighted by molar-refractivity contribution is 0.396. The maximum absolute atomic E-state index is 11.3. The highest BCUT2D eigenvalue weighted by molar-refractivity contribution is 7.91. The Morgan fingerprint density at radius 2 is 1.62 bits per heavy atom. The molecule has 0 unspecified atom stereocenters. The van der Waals surface area contributed by atoms with Crippen molar-refractivity contribution in [3.63, 3.8) is 0 Å². The van der Waals surface area contributed by atoms with Crippen molar-refractivity contribution in [2.75, 3.05) is 11.5 Å². The van der Waals surface area contributed by atoms with Crippen LogP contribution in [0.25, 0.3) is 0 Å². The summed E-state index contributed by atoms with van der Waals surface area (Å²) in [6, 6.07) is 7.32. The first-order valence-corrected chi connectivity index (χ1v) is 7.37. The van der Waals surface area contributed by atoms with Crippen LogP contribution in [0.2, 0.25) is 5.02 Å². The van der Waals surface area contributed by atoms with Crippen molar-refractivity contribution in [2.45, 2.75) is 18.4 Å². The lowest BCUT2D eigenvalue weighted by Gasteiger charge is -2.33. The van der Waals surface area contributed by atoms with Gasteiger partial charge in [0, 0.05) is 10.6 Å². The Labute approximate surface area is 101 Å². The van der Waals surface area contributed by atoms with Gasteiger partial charge in [-0.15, -0.1) is 0 Å². The topological polar surface area (TPSA) is 60.2 Å². The minimum absolute atomic E-state index is 0.173. The van der Waals surface area contributed by atoms with E-state index in [2.05, 4.69) is 0 Å². The van der Waals surface area contributed by atoms with Gasteiger partial charge in [-0.25, -0.2) is 8.42 Å². The highest BCUT2D eigenvalue weighted by Gasteiger charge is 2.35. The Morgan fingerprint density at radius 1 is 1.12 bits per heavy atom. The van der Waals surface area contributed by atoms with Gasteiger partial charge in [-0.2, -0.15) is 0 Å². The molecule has 1 aromatic carbocycles. The molecule has 0 saturated carbocycles. The summed E-state index contributed by atoms with van der Waals surface area (Å²) in [4.78, 5) is 0. The van der Waals surface area contributed by atoms with Crippen LogP contribution in [0.4, 0.5) is 0 Å². The van der Waals surface area contributed by atoms with Gasteiger partial charge in [0.1, 0.15) is 9.84 Å². The zero-order chi connectivity index (χ0) is 11.8. The Balaban J connectivity index is 2.24. The molecule has 1 heterocycles. The second kappa shape index (κ2) is 4.02. The number of halogens is 1. The molecule has 1 saturated heterocycles. The Hall–Kier alpha value is -0.580. The number of sulfone groups is 1. The molecule has 2 N–H and O–H groups in total. The third-order valence-corrected chi connectivity index (χ3v) is 5.04. The van der Waals surface area contributed by atoms with Gasteiger partial charge in [0.2, 0.25) is 0 Å². The summed E-state index contributed by atoms with van der Waals surface area (Å²) in [5.74, 6) is 0.345. The molecule has 0 amide bonds. The van der Waals surface area contributed by atoms with Crippen molar-refractivity contribution in [3.05, 3.63) is 34.9 Å². The van der Waals surface area contributed by atoms with Gasteiger partial charge in [0.15, 0.2) is 0 Å². The van der Waals surface area contributed by atoms with E-state index in [1.54, 1.807) is 12.1 Å². The minimum Gasteiger partial charge on any atom is -0.321 e. The van der Waals surface area contributed by atoms with Crippen molar-refractivity contribution >= 4 is 21.4 Å². The summed E-state index contributed by atoms with van der Waals surface area (Å²) in [7, 11) is -2.88. The lowest BCUT2D eigenvalue weighted by atomic mass is 9.85. The van der Waals surface area contributed by atoms with E-state index in [-0.39, 0.29) is 11.5 Å². The van der Waals surface area contributed by atoms with Gasteiger partial charge >= 0.3 is 0 Å². The van der Waals surface area contributed by atoms with Crippen molar-refractivity contribution in [1.29, 1.82) is 0 Å². The van der Waals surface area contributed by atoms with Crippen LogP contribution in [0.1, 0.15) is 18.4 Å². The van der Waals surface area contributed by atoms with Crippen molar-refractivity contribution in [1.82, 2.24) is 0 Å². The van der Waals surface area contributed by atoms with Crippen molar-refractivity contribution < 1.29 is 8.42 Å². The van der Waals surface area contributed by atoms with Crippen LogP contribution in [0.5, 0.6) is 0 Å². The molecule has 2 rings (SSSR count). The highest BCUT2D eigenvalue weighted by atomic mass is 35.5. The molecule has 1 aliphatic heterocycles. The third-order valence-electron chi connectivity index (χ3n) is 3.14. The predicted octanol–water partition coefficient (Wildman–Crippen LogP) is 1.70. The maximum Gasteiger partial charge on any atom is 0.150 e. The normalized spacial score (nSPS) is 22.9. The zero-order valence-corrected chi connectivity index (χ0v) is 10.4. The molecule has 0 spiro atoms. The number of nitrogens with two attached hydrogens (primary N) is 1. The summed E-state index contributed by atoms with van der Waals surface area (Å²) in [5.41, 5.74) is 6.69. The monoisotopic (exact) mass is 259 g/mol. The SMILES string of the molecule is NC1(c2ccc(Cl)cc2)CCS(=O)(=O)CC1. The fourth-order valence-corrected chi connectivity index (χ4v) is 3.65. The molecule has 0 atom stereocenters. The molecule has 1 aliphatic rings. The maximum atomic E-state index is 11.3. The molecule has 0 bridgehead atoms. The van der Waals surface area contributed by atoms with Gasteiger partial charge < -0.3 is 5.73 Å². The lowest BCUT2D eigenvalue weighted by Crippen LogP contribution is -2.44. The Bertz CT molecular complexity index is 467. The van der Waals surface area contributed by atoms with E-state index in [4.69, 9.17) is 17.3 Å². The second-order valence-electron chi connectivity index (χ2n) is 4.31. The first-order valence-electron chi connectivity index (χ1n) is 5.17. The largest absolute Gasteiger partial charge is 0.321 e. The summed E-state index contributed by atoms with van der Waals surface area (Å²) in [6.45, 7) is 0. The van der Waals surface area contributed by atoms with E-state index in [9.17, 15) is 8.42 Å². The molecule has 1 fully saturated rings. The third kappa shape index (κ3) is 2.39. The molecule has 5 heteroatoms. The summed E-state index contributed by atoms with van der Waals surface area (Å²) >= 11 is 5.80. The smallest absolute Gasteiger partial charge is 0.150 e. The van der Waals surface area contributed by atoms with Crippen LogP contribution in [0.15, 0.2) is 24.3 Å². The molecule has 0 aliphatic carbocycles. The molecule has 16 heavy (non-hydrogen) atoms. The fraction of sp³-hybridized carbons (Fsp3) is 0.455. The molecular formula is C11H14ClNO2S. The number of rotatable bonds is 1. The molecule has 3 nitrogen and oxygen atoms in total. The molecule has 0 aromatic heterocycles. The Kier molecular flexibility index (Phi) is 2.99. The fourth-order valence-electron chi connectivity index (χ4n) is 1.97. The van der Waals surface area contributed by atoms with Crippen LogP contribution in [-0.4, -0.2) is 19.9 Å². The molecule has 0 radical (unpaired) electrons. The van der Waals surface area contributed by atoms with Crippen molar-refractivity contribution in [3.8, 4) is 0 Å². The number of benzene rings is 1. The average molecular weight is 260 g/mol. The molecule has 88 valence electrons. The van der Waals surface area contributed by atoms with Crippen LogP contribution >= 0.6 is 11.6 Å². The highest BCUT2D eigenvalue weighted by Crippen LogP contribution is 2.31. The predicted molar refractivity (Wildman–Crippen MR) is 65.2 cm³/mol. The van der Waals surface area contributed by atoms with Gasteiger partial charge in [-0.3, -0.25) is 0 Å². The van der Waals surface area contributed by atoms with Gasteiger partial charge in [0.25, 0.3) is 0 Å². The van der Waals surface area contributed by atoms with E-state index in [0.717, 1.165) is 5.56 Å². The zero-order valence-electron chi connectivity index (χ0n) is 8.82. The first kappa shape index (κ1) is 11.9. The van der Waals surface area contributed by atoms with Crippen LogP contribution in [0.3, 0.4) is 0 Å². The van der Waals surface area contributed by atoms with Gasteiger partial charge in [-0.1, -0.05) is 23.7 Å². The number of hydrogen-bond donors (Lipinski definition) is 1. The van der Waals surface area contributed by atoms with E-state index < -0.39 is 15.4 Å². The van der Waals surface area contributed by atoms with E-state index >= 15 is 0 Å². The van der Waals surface area contributed by atoms with Gasteiger partial charge in [-0.05, 0) is 30.5 Å². The van der Waals surface area contributed by atoms with E-state index in [1.165, 1.54) is 0 Å². The second-order valence-corrected chi connectivity index (χ2v) is 7.05. The summed E-state index contributed by atoms with van der Waals surface area (Å²) in [6.07, 6.45) is 0.966. The first-order chi connectivity index (χ1) is 7.41. The standard InChI is InChI=1S/C11H14ClNO2S/c12-10-3-1-9(2-4-10)11(13)5-7-16(14,15)8-6-11/h1-4H,5-8,13H2. The Morgan fingerprint density at radius 3 is 2.12 bits per heavy atom. The summed E-state index contributed by atoms with van der Waals surface area (Å²) < 4.78 is 22.7.